The summed E-state index contributed by atoms with van der Waals surface area (Å²) in [6.45, 7) is 9.50. The Bertz CT molecular complexity index is 212. The molecule has 0 saturated carbocycles. The van der Waals surface area contributed by atoms with Crippen molar-refractivity contribution in [3.63, 3.8) is 0 Å². The van der Waals surface area contributed by atoms with Crippen molar-refractivity contribution >= 4 is 5.97 Å². The van der Waals surface area contributed by atoms with Gasteiger partial charge in [-0.15, -0.1) is 0 Å². The molecule has 0 aromatic rings. The van der Waals surface area contributed by atoms with E-state index in [0.717, 1.165) is 26.2 Å². The maximum absolute atomic E-state index is 11.4. The number of ether oxygens (including phenoxy) is 2. The van der Waals surface area contributed by atoms with Crippen LogP contribution in [0.5, 0.6) is 0 Å². The van der Waals surface area contributed by atoms with Crippen molar-refractivity contribution in [2.24, 2.45) is 5.92 Å². The molecule has 1 heterocycles. The van der Waals surface area contributed by atoms with Gasteiger partial charge in [0, 0.05) is 19.2 Å². The van der Waals surface area contributed by atoms with Crippen molar-refractivity contribution in [1.29, 1.82) is 0 Å². The van der Waals surface area contributed by atoms with E-state index in [9.17, 15) is 4.79 Å². The molecule has 16 heavy (non-hydrogen) atoms. The van der Waals surface area contributed by atoms with Gasteiger partial charge in [-0.05, 0) is 33.1 Å². The highest BCUT2D eigenvalue weighted by Gasteiger charge is 2.22. The zero-order valence-corrected chi connectivity index (χ0v) is 10.6. The SMILES string of the molecule is CCOC(=O)CN(CC1CCOC1)C(C)C. The molecule has 1 fully saturated rings. The van der Waals surface area contributed by atoms with E-state index in [1.54, 1.807) is 0 Å². The number of hydrogen-bond donors (Lipinski definition) is 0. The second kappa shape index (κ2) is 6.86. The second-order valence-electron chi connectivity index (χ2n) is 4.56. The van der Waals surface area contributed by atoms with Crippen LogP contribution in [0, 0.1) is 5.92 Å². The van der Waals surface area contributed by atoms with Gasteiger partial charge in [0.15, 0.2) is 0 Å². The van der Waals surface area contributed by atoms with Gasteiger partial charge in [0.2, 0.25) is 0 Å². The monoisotopic (exact) mass is 229 g/mol. The van der Waals surface area contributed by atoms with Crippen LogP contribution in [-0.2, 0) is 14.3 Å². The number of carbonyl (C=O) groups excluding carboxylic acids is 1. The Morgan fingerprint density at radius 3 is 2.81 bits per heavy atom. The Kier molecular flexibility index (Phi) is 5.77. The molecule has 0 aromatic heterocycles. The van der Waals surface area contributed by atoms with Gasteiger partial charge in [-0.2, -0.15) is 0 Å². The Morgan fingerprint density at radius 2 is 2.31 bits per heavy atom. The summed E-state index contributed by atoms with van der Waals surface area (Å²) in [6.07, 6.45) is 1.10. The van der Waals surface area contributed by atoms with E-state index in [2.05, 4.69) is 18.7 Å². The van der Waals surface area contributed by atoms with Crippen LogP contribution < -0.4 is 0 Å². The first-order chi connectivity index (χ1) is 7.63. The Balaban J connectivity index is 2.37. The number of esters is 1. The largest absolute Gasteiger partial charge is 0.465 e. The maximum Gasteiger partial charge on any atom is 0.320 e. The van der Waals surface area contributed by atoms with Gasteiger partial charge >= 0.3 is 5.97 Å². The maximum atomic E-state index is 11.4. The summed E-state index contributed by atoms with van der Waals surface area (Å²) in [6, 6.07) is 0.366. The molecule has 4 heteroatoms. The van der Waals surface area contributed by atoms with Gasteiger partial charge in [-0.3, -0.25) is 9.69 Å². The minimum Gasteiger partial charge on any atom is -0.465 e. The van der Waals surface area contributed by atoms with Gasteiger partial charge in [0.1, 0.15) is 0 Å². The average Bonchev–Trinajstić information content (AvgIpc) is 2.69. The molecule has 0 aromatic carbocycles. The highest BCUT2D eigenvalue weighted by atomic mass is 16.5. The molecule has 0 bridgehead atoms. The molecule has 4 nitrogen and oxygen atoms in total. The van der Waals surface area contributed by atoms with Crippen molar-refractivity contribution in [3.05, 3.63) is 0 Å². The van der Waals surface area contributed by atoms with Crippen molar-refractivity contribution in [3.8, 4) is 0 Å². The lowest BCUT2D eigenvalue weighted by molar-refractivity contribution is -0.145. The highest BCUT2D eigenvalue weighted by molar-refractivity contribution is 5.71. The van der Waals surface area contributed by atoms with Crippen LogP contribution in [0.25, 0.3) is 0 Å². The summed E-state index contributed by atoms with van der Waals surface area (Å²) in [7, 11) is 0. The van der Waals surface area contributed by atoms with Gasteiger partial charge in [0.05, 0.1) is 19.8 Å². The molecule has 1 saturated heterocycles. The van der Waals surface area contributed by atoms with Crippen LogP contribution in [-0.4, -0.2) is 49.8 Å². The molecular weight excluding hydrogens is 206 g/mol. The number of carbonyl (C=O) groups is 1. The quantitative estimate of drug-likeness (QED) is 0.643. The van der Waals surface area contributed by atoms with Gasteiger partial charge in [-0.25, -0.2) is 0 Å². The molecule has 1 rings (SSSR count). The molecule has 0 radical (unpaired) electrons. The Hall–Kier alpha value is -0.610. The third-order valence-electron chi connectivity index (χ3n) is 2.88. The molecular formula is C12H23NO3. The van der Waals surface area contributed by atoms with Crippen LogP contribution in [0.3, 0.4) is 0 Å². The number of nitrogens with zero attached hydrogens (tertiary/aromatic N) is 1. The Labute approximate surface area is 97.9 Å². The molecule has 94 valence electrons. The molecule has 1 aliphatic heterocycles. The fraction of sp³-hybridized carbons (Fsp3) is 0.917. The summed E-state index contributed by atoms with van der Waals surface area (Å²) in [5, 5.41) is 0. The van der Waals surface area contributed by atoms with Crippen molar-refractivity contribution < 1.29 is 14.3 Å². The summed E-state index contributed by atoms with van der Waals surface area (Å²) >= 11 is 0. The third kappa shape index (κ3) is 4.49. The predicted octanol–water partition coefficient (Wildman–Crippen LogP) is 1.30. The van der Waals surface area contributed by atoms with Crippen LogP contribution >= 0.6 is 0 Å². The van der Waals surface area contributed by atoms with Crippen LogP contribution in [0.1, 0.15) is 27.2 Å². The van der Waals surface area contributed by atoms with E-state index in [1.165, 1.54) is 0 Å². The molecule has 0 spiro atoms. The molecule has 0 amide bonds. The Morgan fingerprint density at radius 1 is 1.56 bits per heavy atom. The van der Waals surface area contributed by atoms with E-state index in [-0.39, 0.29) is 5.97 Å². The average molecular weight is 229 g/mol. The smallest absolute Gasteiger partial charge is 0.320 e. The highest BCUT2D eigenvalue weighted by Crippen LogP contribution is 2.15. The first-order valence-electron chi connectivity index (χ1n) is 6.11. The molecule has 1 aliphatic rings. The molecule has 1 unspecified atom stereocenters. The summed E-state index contributed by atoms with van der Waals surface area (Å²) in [5.41, 5.74) is 0. The zero-order valence-electron chi connectivity index (χ0n) is 10.6. The fourth-order valence-corrected chi connectivity index (χ4v) is 1.89. The zero-order chi connectivity index (χ0) is 12.0. The molecule has 0 aliphatic carbocycles. The van der Waals surface area contributed by atoms with Gasteiger partial charge in [-0.1, -0.05) is 0 Å². The molecule has 1 atom stereocenters. The topological polar surface area (TPSA) is 38.8 Å². The second-order valence-corrected chi connectivity index (χ2v) is 4.56. The van der Waals surface area contributed by atoms with E-state index < -0.39 is 0 Å². The fourth-order valence-electron chi connectivity index (χ4n) is 1.89. The lowest BCUT2D eigenvalue weighted by atomic mass is 10.1. The van der Waals surface area contributed by atoms with E-state index in [4.69, 9.17) is 9.47 Å². The first kappa shape index (κ1) is 13.5. The van der Waals surface area contributed by atoms with Crippen LogP contribution in [0.15, 0.2) is 0 Å². The van der Waals surface area contributed by atoms with E-state index >= 15 is 0 Å². The lowest BCUT2D eigenvalue weighted by Gasteiger charge is -2.27. The summed E-state index contributed by atoms with van der Waals surface area (Å²) < 4.78 is 10.3. The minimum atomic E-state index is -0.130. The predicted molar refractivity (Wildman–Crippen MR) is 62.3 cm³/mol. The van der Waals surface area contributed by atoms with Crippen LogP contribution in [0.4, 0.5) is 0 Å². The van der Waals surface area contributed by atoms with Crippen molar-refractivity contribution in [2.75, 3.05) is 32.9 Å². The lowest BCUT2D eigenvalue weighted by Crippen LogP contribution is -2.40. The summed E-state index contributed by atoms with van der Waals surface area (Å²) in [4.78, 5) is 13.6. The van der Waals surface area contributed by atoms with Crippen molar-refractivity contribution in [1.82, 2.24) is 4.90 Å². The minimum absolute atomic E-state index is 0.130. The third-order valence-corrected chi connectivity index (χ3v) is 2.88. The first-order valence-corrected chi connectivity index (χ1v) is 6.11. The van der Waals surface area contributed by atoms with E-state index in [0.29, 0.717) is 25.1 Å². The van der Waals surface area contributed by atoms with Crippen molar-refractivity contribution in [2.45, 2.75) is 33.2 Å². The van der Waals surface area contributed by atoms with Gasteiger partial charge in [0.25, 0.3) is 0 Å². The number of rotatable bonds is 6. The van der Waals surface area contributed by atoms with E-state index in [1.807, 2.05) is 6.92 Å². The number of hydrogen-bond acceptors (Lipinski definition) is 4. The van der Waals surface area contributed by atoms with Crippen LogP contribution in [0.2, 0.25) is 0 Å². The molecule has 0 N–H and O–H groups in total. The standard InChI is InChI=1S/C12H23NO3/c1-4-16-12(14)8-13(10(2)3)7-11-5-6-15-9-11/h10-11H,4-9H2,1-3H3. The summed E-state index contributed by atoms with van der Waals surface area (Å²) in [5.74, 6) is 0.437. The van der Waals surface area contributed by atoms with Gasteiger partial charge < -0.3 is 9.47 Å². The normalized spacial score (nSPS) is 20.7.